The van der Waals surface area contributed by atoms with Crippen molar-refractivity contribution in [1.29, 1.82) is 5.26 Å². The quantitative estimate of drug-likeness (QED) is 0.535. The van der Waals surface area contributed by atoms with Crippen LogP contribution in [0, 0.1) is 17.2 Å². The maximum atomic E-state index is 11.8. The van der Waals surface area contributed by atoms with E-state index in [9.17, 15) is 14.4 Å². The van der Waals surface area contributed by atoms with E-state index >= 15 is 0 Å². The lowest BCUT2D eigenvalue weighted by Crippen LogP contribution is -2.50. The van der Waals surface area contributed by atoms with Crippen molar-refractivity contribution >= 4 is 17.7 Å². The minimum atomic E-state index is -1.03. The van der Waals surface area contributed by atoms with Crippen molar-refractivity contribution in [3.63, 3.8) is 0 Å². The van der Waals surface area contributed by atoms with Gasteiger partial charge in [0.05, 0.1) is 6.07 Å². The second kappa shape index (κ2) is 9.56. The topological polar surface area (TPSA) is 105 Å². The molecule has 140 valence electrons. The van der Waals surface area contributed by atoms with E-state index in [0.717, 1.165) is 0 Å². The summed E-state index contributed by atoms with van der Waals surface area (Å²) in [6.07, 6.45) is 0.413. The minimum Gasteiger partial charge on any atom is -0.482 e. The van der Waals surface area contributed by atoms with Gasteiger partial charge in [0, 0.05) is 12.0 Å². The van der Waals surface area contributed by atoms with Gasteiger partial charge in [0.1, 0.15) is 11.3 Å². The lowest BCUT2D eigenvalue weighted by molar-refractivity contribution is -0.150. The lowest BCUT2D eigenvalue weighted by Gasteiger charge is -2.27. The summed E-state index contributed by atoms with van der Waals surface area (Å²) in [5.41, 5.74) is -0.456. The summed E-state index contributed by atoms with van der Waals surface area (Å²) in [5, 5.41) is 11.7. The molecule has 0 aliphatic heterocycles. The van der Waals surface area contributed by atoms with Gasteiger partial charge < -0.3 is 14.8 Å². The van der Waals surface area contributed by atoms with Crippen LogP contribution in [0.3, 0.4) is 0 Å². The van der Waals surface area contributed by atoms with E-state index in [1.807, 2.05) is 19.9 Å². The van der Waals surface area contributed by atoms with Crippen LogP contribution in [0.1, 0.15) is 44.5 Å². The fourth-order valence-corrected chi connectivity index (χ4v) is 1.90. The number of amides is 1. The minimum absolute atomic E-state index is 0.0211. The van der Waals surface area contributed by atoms with Gasteiger partial charge in [-0.25, -0.2) is 4.79 Å². The maximum absolute atomic E-state index is 11.8. The molecule has 7 heteroatoms. The van der Waals surface area contributed by atoms with Gasteiger partial charge in [-0.2, -0.15) is 5.26 Å². The lowest BCUT2D eigenvalue weighted by atomic mass is 9.90. The molecule has 0 radical (unpaired) electrons. The Morgan fingerprint density at radius 3 is 2.31 bits per heavy atom. The molecule has 0 aliphatic carbocycles. The molecular weight excluding hydrogens is 336 g/mol. The van der Waals surface area contributed by atoms with Crippen LogP contribution >= 0.6 is 0 Å². The highest BCUT2D eigenvalue weighted by Gasteiger charge is 2.30. The fourth-order valence-electron chi connectivity index (χ4n) is 1.90. The van der Waals surface area contributed by atoms with Crippen LogP contribution in [0.25, 0.3) is 0 Å². The Kier molecular flexibility index (Phi) is 7.78. The molecule has 0 heterocycles. The van der Waals surface area contributed by atoms with Crippen LogP contribution in [0.5, 0.6) is 5.75 Å². The number of esters is 1. The molecule has 0 spiro atoms. The number of ketones is 1. The van der Waals surface area contributed by atoms with Crippen LogP contribution in [-0.4, -0.2) is 36.4 Å². The van der Waals surface area contributed by atoms with Crippen molar-refractivity contribution in [2.24, 2.45) is 5.92 Å². The predicted molar refractivity (Wildman–Crippen MR) is 94.5 cm³/mol. The number of hydrogen-bond acceptors (Lipinski definition) is 6. The average molecular weight is 360 g/mol. The zero-order valence-corrected chi connectivity index (χ0v) is 15.5. The number of Topliss-reactive ketones (excluding diaryl/α,β-unsaturated/α-hetero) is 1. The zero-order chi connectivity index (χ0) is 19.7. The molecule has 0 saturated carbocycles. The van der Waals surface area contributed by atoms with Gasteiger partial charge in [-0.1, -0.05) is 20.8 Å². The second-order valence-corrected chi connectivity index (χ2v) is 6.27. The molecule has 0 aromatic heterocycles. The Hall–Kier alpha value is -2.88. The van der Waals surface area contributed by atoms with E-state index in [0.29, 0.717) is 17.7 Å². The molecule has 1 atom stereocenters. The third kappa shape index (κ3) is 6.20. The van der Waals surface area contributed by atoms with Gasteiger partial charge in [-0.3, -0.25) is 9.59 Å². The van der Waals surface area contributed by atoms with Crippen LogP contribution in [0.4, 0.5) is 0 Å². The number of hydrogen-bond donors (Lipinski definition) is 1. The van der Waals surface area contributed by atoms with Gasteiger partial charge in [-0.05, 0) is 37.1 Å². The molecule has 0 bridgehead atoms. The van der Waals surface area contributed by atoms with E-state index in [2.05, 4.69) is 5.32 Å². The first-order valence-corrected chi connectivity index (χ1v) is 8.35. The summed E-state index contributed by atoms with van der Waals surface area (Å²) in [7, 11) is 0. The number of nitrogens with zero attached hydrogens (tertiary/aromatic N) is 1. The van der Waals surface area contributed by atoms with Crippen molar-refractivity contribution in [3.8, 4) is 11.8 Å². The first-order valence-electron chi connectivity index (χ1n) is 8.35. The summed E-state index contributed by atoms with van der Waals surface area (Å²) < 4.78 is 10.1. The molecule has 0 unspecified atom stereocenters. The molecule has 1 rings (SSSR count). The summed E-state index contributed by atoms with van der Waals surface area (Å²) in [5.74, 6) is -0.933. The third-order valence-corrected chi connectivity index (χ3v) is 4.00. The van der Waals surface area contributed by atoms with E-state index in [1.165, 1.54) is 0 Å². The molecule has 1 aromatic rings. The van der Waals surface area contributed by atoms with Gasteiger partial charge >= 0.3 is 5.97 Å². The van der Waals surface area contributed by atoms with Gasteiger partial charge in [-0.15, -0.1) is 0 Å². The number of carbonyl (C=O) groups is 3. The Labute approximate surface area is 153 Å². The average Bonchev–Trinajstić information content (AvgIpc) is 2.64. The van der Waals surface area contributed by atoms with Crippen LogP contribution in [0.15, 0.2) is 24.3 Å². The van der Waals surface area contributed by atoms with Gasteiger partial charge in [0.2, 0.25) is 0 Å². The van der Waals surface area contributed by atoms with Crippen molar-refractivity contribution in [3.05, 3.63) is 29.8 Å². The van der Waals surface area contributed by atoms with Crippen molar-refractivity contribution in [2.75, 3.05) is 13.2 Å². The van der Waals surface area contributed by atoms with Crippen LogP contribution in [0.2, 0.25) is 0 Å². The van der Waals surface area contributed by atoms with Crippen LogP contribution < -0.4 is 10.1 Å². The number of nitrogens with one attached hydrogen (secondary N) is 1. The molecular formula is C19H24N2O5. The molecule has 1 aromatic carbocycles. The Morgan fingerprint density at radius 1 is 1.19 bits per heavy atom. The molecule has 0 saturated heterocycles. The van der Waals surface area contributed by atoms with Crippen molar-refractivity contribution < 1.29 is 23.9 Å². The van der Waals surface area contributed by atoms with E-state index in [1.54, 1.807) is 38.1 Å². The number of benzene rings is 1. The number of ether oxygens (including phenoxy) is 2. The Morgan fingerprint density at radius 2 is 1.81 bits per heavy atom. The van der Waals surface area contributed by atoms with Gasteiger partial charge in [0.25, 0.3) is 5.91 Å². The molecule has 1 amide bonds. The number of rotatable bonds is 9. The second-order valence-electron chi connectivity index (χ2n) is 6.27. The molecule has 0 fully saturated rings. The fraction of sp³-hybridized carbons (Fsp3) is 0.474. The summed E-state index contributed by atoms with van der Waals surface area (Å²) in [6, 6.07) is 8.45. The Balaban J connectivity index is 2.42. The van der Waals surface area contributed by atoms with Gasteiger partial charge in [0.15, 0.2) is 19.0 Å². The highest BCUT2D eigenvalue weighted by atomic mass is 16.6. The van der Waals surface area contributed by atoms with Crippen LogP contribution in [-0.2, 0) is 14.3 Å². The van der Waals surface area contributed by atoms with E-state index in [4.69, 9.17) is 14.7 Å². The first kappa shape index (κ1) is 21.2. The maximum Gasteiger partial charge on any atom is 0.344 e. The Bertz CT molecular complexity index is 691. The highest BCUT2D eigenvalue weighted by Crippen LogP contribution is 2.15. The summed E-state index contributed by atoms with van der Waals surface area (Å²) >= 11 is 0. The standard InChI is InChI=1S/C19H24N2O5/c1-5-16(22)14-6-8-15(9-7-14)25-11-18(24)26-10-17(23)21-19(4,12-20)13(2)3/h6-9,13H,5,10-11H2,1-4H3,(H,21,23)/t19-/m0/s1. The number of nitriles is 1. The van der Waals surface area contributed by atoms with Crippen molar-refractivity contribution in [2.45, 2.75) is 39.7 Å². The summed E-state index contributed by atoms with van der Waals surface area (Å²) in [4.78, 5) is 35.0. The highest BCUT2D eigenvalue weighted by molar-refractivity contribution is 5.95. The molecule has 0 aliphatic rings. The largest absolute Gasteiger partial charge is 0.482 e. The van der Waals surface area contributed by atoms with E-state index in [-0.39, 0.29) is 18.3 Å². The first-order chi connectivity index (χ1) is 12.2. The molecule has 1 N–H and O–H groups in total. The summed E-state index contributed by atoms with van der Waals surface area (Å²) in [6.45, 7) is 6.14. The SMILES string of the molecule is CCC(=O)c1ccc(OCC(=O)OCC(=O)N[C@@](C)(C#N)C(C)C)cc1. The molecule has 26 heavy (non-hydrogen) atoms. The normalized spacial score (nSPS) is 12.6. The smallest absolute Gasteiger partial charge is 0.344 e. The monoisotopic (exact) mass is 360 g/mol. The number of carbonyl (C=O) groups excluding carboxylic acids is 3. The molecule has 7 nitrogen and oxygen atoms in total. The van der Waals surface area contributed by atoms with Crippen molar-refractivity contribution in [1.82, 2.24) is 5.32 Å². The zero-order valence-electron chi connectivity index (χ0n) is 15.5. The predicted octanol–water partition coefficient (Wildman–Crippen LogP) is 2.26. The van der Waals surface area contributed by atoms with E-state index < -0.39 is 24.0 Å². The third-order valence-electron chi connectivity index (χ3n) is 4.00.